The highest BCUT2D eigenvalue weighted by molar-refractivity contribution is 5.79. The first-order chi connectivity index (χ1) is 13.6. The minimum atomic E-state index is 0.0643. The highest BCUT2D eigenvalue weighted by Crippen LogP contribution is 2.24. The fourth-order valence-electron chi connectivity index (χ4n) is 3.54. The van der Waals surface area contributed by atoms with Gasteiger partial charge in [-0.3, -0.25) is 4.79 Å². The van der Waals surface area contributed by atoms with E-state index in [0.29, 0.717) is 11.7 Å². The van der Waals surface area contributed by atoms with Crippen molar-refractivity contribution in [3.8, 4) is 17.3 Å². The van der Waals surface area contributed by atoms with E-state index in [1.165, 1.54) is 19.3 Å². The summed E-state index contributed by atoms with van der Waals surface area (Å²) in [5.41, 5.74) is 2.47. The maximum Gasteiger partial charge on any atom is 0.227 e. The molecule has 28 heavy (non-hydrogen) atoms. The number of nitrogens with zero attached hydrogens (tertiary/aromatic N) is 4. The number of piperidine rings is 1. The van der Waals surface area contributed by atoms with Gasteiger partial charge in [0.2, 0.25) is 11.8 Å². The normalized spacial score (nSPS) is 14.7. The number of methoxy groups -OCH3 is 1. The summed E-state index contributed by atoms with van der Waals surface area (Å²) in [5.74, 6) is 1.16. The largest absolute Gasteiger partial charge is 0.481 e. The molecule has 0 aliphatic carbocycles. The van der Waals surface area contributed by atoms with Gasteiger partial charge in [-0.05, 0) is 32.9 Å². The topological polar surface area (TPSA) is 58.6 Å². The molecule has 1 aliphatic heterocycles. The van der Waals surface area contributed by atoms with Crippen molar-refractivity contribution in [3.63, 3.8) is 0 Å². The monoisotopic (exact) mass is 382 g/mol. The first-order valence-electron chi connectivity index (χ1n) is 10.0. The van der Waals surface area contributed by atoms with E-state index in [2.05, 4.69) is 14.9 Å². The number of amides is 1. The highest BCUT2D eigenvalue weighted by Gasteiger charge is 2.19. The van der Waals surface area contributed by atoms with Gasteiger partial charge in [-0.15, -0.1) is 0 Å². The van der Waals surface area contributed by atoms with Crippen LogP contribution in [0.2, 0.25) is 0 Å². The molecular formula is C22H30N4O2. The number of carbonyl (C=O) groups is 1. The van der Waals surface area contributed by atoms with E-state index >= 15 is 0 Å². The molecule has 150 valence electrons. The van der Waals surface area contributed by atoms with E-state index in [1.54, 1.807) is 12.0 Å². The smallest absolute Gasteiger partial charge is 0.227 e. The van der Waals surface area contributed by atoms with Gasteiger partial charge in [0.15, 0.2) is 5.82 Å². The second kappa shape index (κ2) is 9.64. The molecule has 0 N–H and O–H groups in total. The number of hydrogen-bond donors (Lipinski definition) is 0. The molecule has 1 fully saturated rings. The lowest BCUT2D eigenvalue weighted by atomic mass is 10.1. The Morgan fingerprint density at radius 1 is 1.14 bits per heavy atom. The Bertz CT molecular complexity index is 789. The number of carbonyl (C=O) groups excluding carboxylic acids is 1. The van der Waals surface area contributed by atoms with Gasteiger partial charge in [0, 0.05) is 37.0 Å². The average Bonchev–Trinajstić information content (AvgIpc) is 2.74. The Kier molecular flexibility index (Phi) is 6.98. The van der Waals surface area contributed by atoms with Gasteiger partial charge >= 0.3 is 0 Å². The number of rotatable bonds is 7. The van der Waals surface area contributed by atoms with E-state index in [4.69, 9.17) is 4.74 Å². The zero-order valence-electron chi connectivity index (χ0n) is 17.1. The van der Waals surface area contributed by atoms with Crippen molar-refractivity contribution >= 4 is 5.91 Å². The van der Waals surface area contributed by atoms with Crippen LogP contribution in [0.25, 0.3) is 11.4 Å². The summed E-state index contributed by atoms with van der Waals surface area (Å²) in [6, 6.07) is 9.80. The van der Waals surface area contributed by atoms with Gasteiger partial charge in [0.05, 0.1) is 13.5 Å². The van der Waals surface area contributed by atoms with Crippen molar-refractivity contribution in [1.29, 1.82) is 0 Å². The molecule has 2 heterocycles. The van der Waals surface area contributed by atoms with E-state index in [0.717, 1.165) is 43.0 Å². The van der Waals surface area contributed by atoms with E-state index < -0.39 is 0 Å². The molecule has 1 aliphatic rings. The summed E-state index contributed by atoms with van der Waals surface area (Å²) in [6.07, 6.45) is 4.10. The Hall–Kier alpha value is -2.47. The molecule has 0 spiro atoms. The minimum absolute atomic E-state index is 0.0643. The molecule has 6 heteroatoms. The van der Waals surface area contributed by atoms with Crippen LogP contribution in [0.15, 0.2) is 30.3 Å². The molecule has 0 unspecified atom stereocenters. The zero-order chi connectivity index (χ0) is 19.9. The van der Waals surface area contributed by atoms with Crippen LogP contribution in [-0.2, 0) is 11.2 Å². The molecule has 0 atom stereocenters. The second-order valence-corrected chi connectivity index (χ2v) is 7.38. The molecule has 1 saturated heterocycles. The van der Waals surface area contributed by atoms with E-state index in [1.807, 2.05) is 44.3 Å². The lowest BCUT2D eigenvalue weighted by Gasteiger charge is -2.28. The van der Waals surface area contributed by atoms with Gasteiger partial charge in [-0.1, -0.05) is 36.8 Å². The van der Waals surface area contributed by atoms with Gasteiger partial charge < -0.3 is 14.5 Å². The van der Waals surface area contributed by atoms with Crippen molar-refractivity contribution < 1.29 is 9.53 Å². The molecule has 1 aromatic heterocycles. The van der Waals surface area contributed by atoms with Crippen molar-refractivity contribution in [1.82, 2.24) is 19.8 Å². The number of aromatic nitrogens is 2. The van der Waals surface area contributed by atoms with Crippen molar-refractivity contribution in [2.75, 3.05) is 40.3 Å². The molecule has 2 aromatic rings. The van der Waals surface area contributed by atoms with Gasteiger partial charge in [0.1, 0.15) is 0 Å². The SMILES string of the molecule is COc1nc(-c2ccccc2)nc(C)c1CC(=O)N(C)CCN1CCCCC1. The predicted molar refractivity (Wildman–Crippen MR) is 110 cm³/mol. The third-order valence-electron chi connectivity index (χ3n) is 5.36. The summed E-state index contributed by atoms with van der Waals surface area (Å²) in [6.45, 7) is 5.87. The zero-order valence-corrected chi connectivity index (χ0v) is 17.1. The Balaban J connectivity index is 1.67. The van der Waals surface area contributed by atoms with E-state index in [9.17, 15) is 4.79 Å². The minimum Gasteiger partial charge on any atom is -0.481 e. The third-order valence-corrected chi connectivity index (χ3v) is 5.36. The highest BCUT2D eigenvalue weighted by atomic mass is 16.5. The quantitative estimate of drug-likeness (QED) is 0.737. The molecule has 1 aromatic carbocycles. The Morgan fingerprint density at radius 3 is 2.54 bits per heavy atom. The fraction of sp³-hybridized carbons (Fsp3) is 0.500. The number of aryl methyl sites for hydroxylation is 1. The average molecular weight is 383 g/mol. The van der Waals surface area contributed by atoms with Crippen molar-refractivity contribution in [3.05, 3.63) is 41.6 Å². The first-order valence-corrected chi connectivity index (χ1v) is 10.0. The molecular weight excluding hydrogens is 352 g/mol. The predicted octanol–water partition coefficient (Wildman–Crippen LogP) is 2.95. The van der Waals surface area contributed by atoms with Gasteiger partial charge in [-0.2, -0.15) is 4.98 Å². The number of benzene rings is 1. The molecule has 3 rings (SSSR count). The fourth-order valence-corrected chi connectivity index (χ4v) is 3.54. The molecule has 0 saturated carbocycles. The first kappa shape index (κ1) is 20.3. The lowest BCUT2D eigenvalue weighted by molar-refractivity contribution is -0.129. The molecule has 6 nitrogen and oxygen atoms in total. The van der Waals surface area contributed by atoms with Crippen molar-refractivity contribution in [2.24, 2.45) is 0 Å². The molecule has 0 radical (unpaired) electrons. The molecule has 0 bridgehead atoms. The van der Waals surface area contributed by atoms with Gasteiger partial charge in [-0.25, -0.2) is 4.98 Å². The summed E-state index contributed by atoms with van der Waals surface area (Å²) >= 11 is 0. The van der Waals surface area contributed by atoms with Crippen LogP contribution in [0, 0.1) is 6.92 Å². The maximum absolute atomic E-state index is 12.8. The summed E-state index contributed by atoms with van der Waals surface area (Å²) in [4.78, 5) is 26.2. The van der Waals surface area contributed by atoms with Crippen LogP contribution in [-0.4, -0.2) is 66.0 Å². The van der Waals surface area contributed by atoms with Crippen LogP contribution < -0.4 is 4.74 Å². The van der Waals surface area contributed by atoms with Crippen LogP contribution in [0.5, 0.6) is 5.88 Å². The standard InChI is InChI=1S/C22H30N4O2/c1-17-19(16-20(27)25(2)14-15-26-12-8-5-9-13-26)22(28-3)24-21(23-17)18-10-6-4-7-11-18/h4,6-7,10-11H,5,8-9,12-16H2,1-3H3. The number of likely N-dealkylation sites (tertiary alicyclic amines) is 1. The van der Waals surface area contributed by atoms with Crippen LogP contribution in [0.3, 0.4) is 0 Å². The van der Waals surface area contributed by atoms with Gasteiger partial charge in [0.25, 0.3) is 0 Å². The summed E-state index contributed by atoms with van der Waals surface area (Å²) in [5, 5.41) is 0. The summed E-state index contributed by atoms with van der Waals surface area (Å²) < 4.78 is 5.49. The second-order valence-electron chi connectivity index (χ2n) is 7.38. The Morgan fingerprint density at radius 2 is 1.86 bits per heavy atom. The van der Waals surface area contributed by atoms with E-state index in [-0.39, 0.29) is 12.3 Å². The van der Waals surface area contributed by atoms with Crippen LogP contribution in [0.1, 0.15) is 30.5 Å². The Labute approximate surface area is 167 Å². The maximum atomic E-state index is 12.8. The third kappa shape index (κ3) is 5.07. The number of ether oxygens (including phenoxy) is 1. The van der Waals surface area contributed by atoms with Crippen molar-refractivity contribution in [2.45, 2.75) is 32.6 Å². The molecule has 1 amide bonds. The summed E-state index contributed by atoms with van der Waals surface area (Å²) in [7, 11) is 3.46. The lowest BCUT2D eigenvalue weighted by Crippen LogP contribution is -2.39. The number of likely N-dealkylation sites (N-methyl/N-ethyl adjacent to an activating group) is 1. The van der Waals surface area contributed by atoms with Crippen LogP contribution >= 0.6 is 0 Å². The number of hydrogen-bond acceptors (Lipinski definition) is 5. The van der Waals surface area contributed by atoms with Crippen LogP contribution in [0.4, 0.5) is 0 Å².